The molecular weight excluding hydrogens is 230 g/mol. The Bertz CT molecular complexity index is 253. The first kappa shape index (κ1) is 15.4. The largest absolute Gasteiger partial charge is 0.468 e. The van der Waals surface area contributed by atoms with E-state index >= 15 is 0 Å². The Morgan fingerprint density at radius 3 is 2.78 bits per heavy atom. The molecule has 1 rings (SSSR count). The van der Waals surface area contributed by atoms with Crippen molar-refractivity contribution in [2.45, 2.75) is 64.6 Å². The SMILES string of the molecule is CCCC1CC(N[C@H](C(=O)OC)C(C)C)CCO1. The van der Waals surface area contributed by atoms with Crippen LogP contribution in [0.5, 0.6) is 0 Å². The van der Waals surface area contributed by atoms with Crippen LogP contribution in [0.25, 0.3) is 0 Å². The van der Waals surface area contributed by atoms with E-state index in [1.54, 1.807) is 0 Å². The fourth-order valence-electron chi connectivity index (χ4n) is 2.47. The molecule has 1 fully saturated rings. The summed E-state index contributed by atoms with van der Waals surface area (Å²) >= 11 is 0. The van der Waals surface area contributed by atoms with Crippen LogP contribution >= 0.6 is 0 Å². The van der Waals surface area contributed by atoms with Crippen LogP contribution < -0.4 is 5.32 Å². The van der Waals surface area contributed by atoms with Crippen LogP contribution in [0.15, 0.2) is 0 Å². The molecule has 1 aliphatic rings. The molecule has 4 heteroatoms. The molecular formula is C14H27NO3. The van der Waals surface area contributed by atoms with E-state index in [0.29, 0.717) is 12.1 Å². The quantitative estimate of drug-likeness (QED) is 0.740. The first-order valence-electron chi connectivity index (χ1n) is 7.04. The van der Waals surface area contributed by atoms with Gasteiger partial charge < -0.3 is 14.8 Å². The van der Waals surface area contributed by atoms with Crippen LogP contribution in [-0.4, -0.2) is 37.9 Å². The van der Waals surface area contributed by atoms with Gasteiger partial charge in [0.25, 0.3) is 0 Å². The maximum absolute atomic E-state index is 11.7. The molecule has 18 heavy (non-hydrogen) atoms. The minimum Gasteiger partial charge on any atom is -0.468 e. The van der Waals surface area contributed by atoms with Gasteiger partial charge in [0.1, 0.15) is 6.04 Å². The molecule has 0 spiro atoms. The lowest BCUT2D eigenvalue weighted by Gasteiger charge is -2.33. The van der Waals surface area contributed by atoms with Crippen molar-refractivity contribution in [3.8, 4) is 0 Å². The second-order valence-corrected chi connectivity index (χ2v) is 5.41. The minimum absolute atomic E-state index is 0.163. The van der Waals surface area contributed by atoms with Gasteiger partial charge in [-0.1, -0.05) is 27.2 Å². The maximum Gasteiger partial charge on any atom is 0.323 e. The predicted octanol–water partition coefficient (Wildman–Crippen LogP) is 2.12. The molecule has 1 saturated heterocycles. The molecule has 3 atom stereocenters. The summed E-state index contributed by atoms with van der Waals surface area (Å²) in [4.78, 5) is 11.7. The summed E-state index contributed by atoms with van der Waals surface area (Å²) in [6.07, 6.45) is 4.55. The average molecular weight is 257 g/mol. The summed E-state index contributed by atoms with van der Waals surface area (Å²) in [5.74, 6) is 0.0773. The van der Waals surface area contributed by atoms with E-state index < -0.39 is 0 Å². The third-order valence-electron chi connectivity index (χ3n) is 3.51. The molecule has 0 aromatic rings. The number of carbonyl (C=O) groups is 1. The Hall–Kier alpha value is -0.610. The molecule has 4 nitrogen and oxygen atoms in total. The molecule has 0 saturated carbocycles. The van der Waals surface area contributed by atoms with Crippen LogP contribution in [0.2, 0.25) is 0 Å². The zero-order chi connectivity index (χ0) is 13.5. The summed E-state index contributed by atoms with van der Waals surface area (Å²) in [5.41, 5.74) is 0. The van der Waals surface area contributed by atoms with Gasteiger partial charge in [-0.3, -0.25) is 4.79 Å². The Morgan fingerprint density at radius 1 is 1.50 bits per heavy atom. The summed E-state index contributed by atoms with van der Waals surface area (Å²) in [7, 11) is 1.45. The number of esters is 1. The Balaban J connectivity index is 2.50. The topological polar surface area (TPSA) is 47.6 Å². The van der Waals surface area contributed by atoms with E-state index in [9.17, 15) is 4.79 Å². The van der Waals surface area contributed by atoms with Gasteiger partial charge >= 0.3 is 5.97 Å². The molecule has 2 unspecified atom stereocenters. The Morgan fingerprint density at radius 2 is 2.22 bits per heavy atom. The van der Waals surface area contributed by atoms with Crippen molar-refractivity contribution < 1.29 is 14.3 Å². The molecule has 0 amide bonds. The van der Waals surface area contributed by atoms with Gasteiger partial charge in [-0.05, 0) is 25.2 Å². The smallest absolute Gasteiger partial charge is 0.323 e. The minimum atomic E-state index is -0.208. The summed E-state index contributed by atoms with van der Waals surface area (Å²) < 4.78 is 10.6. The summed E-state index contributed by atoms with van der Waals surface area (Å²) in [6, 6.07) is 0.155. The third kappa shape index (κ3) is 4.58. The fourth-order valence-corrected chi connectivity index (χ4v) is 2.47. The van der Waals surface area contributed by atoms with E-state index in [1.165, 1.54) is 7.11 Å². The van der Waals surface area contributed by atoms with Crippen molar-refractivity contribution in [2.24, 2.45) is 5.92 Å². The molecule has 0 aliphatic carbocycles. The van der Waals surface area contributed by atoms with Crippen LogP contribution in [0, 0.1) is 5.92 Å². The molecule has 0 aromatic heterocycles. The number of ether oxygens (including phenoxy) is 2. The number of hydrogen-bond acceptors (Lipinski definition) is 4. The molecule has 0 radical (unpaired) electrons. The van der Waals surface area contributed by atoms with E-state index in [4.69, 9.17) is 9.47 Å². The van der Waals surface area contributed by atoms with Crippen molar-refractivity contribution in [1.82, 2.24) is 5.32 Å². The Labute approximate surface area is 110 Å². The van der Waals surface area contributed by atoms with Crippen LogP contribution in [0.4, 0.5) is 0 Å². The number of nitrogens with one attached hydrogen (secondary N) is 1. The number of carbonyl (C=O) groups excluding carboxylic acids is 1. The first-order chi connectivity index (χ1) is 8.58. The van der Waals surface area contributed by atoms with Crippen LogP contribution in [0.3, 0.4) is 0 Å². The lowest BCUT2D eigenvalue weighted by Crippen LogP contribution is -2.50. The first-order valence-corrected chi connectivity index (χ1v) is 7.04. The molecule has 1 heterocycles. The summed E-state index contributed by atoms with van der Waals surface area (Å²) in [6.45, 7) is 7.04. The van der Waals surface area contributed by atoms with Crippen LogP contribution in [-0.2, 0) is 14.3 Å². The molecule has 1 N–H and O–H groups in total. The number of hydrogen-bond donors (Lipinski definition) is 1. The normalized spacial score (nSPS) is 26.1. The highest BCUT2D eigenvalue weighted by Crippen LogP contribution is 2.19. The van der Waals surface area contributed by atoms with Gasteiger partial charge in [0, 0.05) is 12.6 Å². The molecule has 0 bridgehead atoms. The van der Waals surface area contributed by atoms with E-state index in [0.717, 1.165) is 32.3 Å². The van der Waals surface area contributed by atoms with E-state index in [-0.39, 0.29) is 17.9 Å². The molecule has 0 aromatic carbocycles. The van der Waals surface area contributed by atoms with Gasteiger partial charge in [-0.15, -0.1) is 0 Å². The number of methoxy groups -OCH3 is 1. The van der Waals surface area contributed by atoms with Crippen molar-refractivity contribution in [3.05, 3.63) is 0 Å². The second kappa shape index (κ2) is 7.74. The van der Waals surface area contributed by atoms with Gasteiger partial charge in [-0.2, -0.15) is 0 Å². The zero-order valence-corrected chi connectivity index (χ0v) is 12.1. The Kier molecular flexibility index (Phi) is 6.65. The maximum atomic E-state index is 11.7. The third-order valence-corrected chi connectivity index (χ3v) is 3.51. The standard InChI is InChI=1S/C14H27NO3/c1-5-6-12-9-11(7-8-18-12)15-13(10(2)3)14(16)17-4/h10-13,15H,5-9H2,1-4H3/t11?,12?,13-/m0/s1. The highest BCUT2D eigenvalue weighted by atomic mass is 16.5. The van der Waals surface area contributed by atoms with Gasteiger partial charge in [0.2, 0.25) is 0 Å². The van der Waals surface area contributed by atoms with Gasteiger partial charge in [-0.25, -0.2) is 0 Å². The molecule has 106 valence electrons. The van der Waals surface area contributed by atoms with Crippen molar-refractivity contribution in [3.63, 3.8) is 0 Å². The van der Waals surface area contributed by atoms with Crippen molar-refractivity contribution >= 4 is 5.97 Å². The zero-order valence-electron chi connectivity index (χ0n) is 12.1. The average Bonchev–Trinajstić information content (AvgIpc) is 2.35. The van der Waals surface area contributed by atoms with Crippen molar-refractivity contribution in [1.29, 1.82) is 0 Å². The van der Waals surface area contributed by atoms with Crippen LogP contribution in [0.1, 0.15) is 46.5 Å². The lowest BCUT2D eigenvalue weighted by atomic mass is 9.96. The molecule has 1 aliphatic heterocycles. The highest BCUT2D eigenvalue weighted by molar-refractivity contribution is 5.75. The van der Waals surface area contributed by atoms with Gasteiger partial charge in [0.15, 0.2) is 0 Å². The summed E-state index contributed by atoms with van der Waals surface area (Å²) in [5, 5.41) is 3.44. The van der Waals surface area contributed by atoms with E-state index in [2.05, 4.69) is 12.2 Å². The highest BCUT2D eigenvalue weighted by Gasteiger charge is 2.29. The van der Waals surface area contributed by atoms with Gasteiger partial charge in [0.05, 0.1) is 13.2 Å². The lowest BCUT2D eigenvalue weighted by molar-refractivity contribution is -0.145. The van der Waals surface area contributed by atoms with Crippen molar-refractivity contribution in [2.75, 3.05) is 13.7 Å². The second-order valence-electron chi connectivity index (χ2n) is 5.41. The van der Waals surface area contributed by atoms with E-state index in [1.807, 2.05) is 13.8 Å². The fraction of sp³-hybridized carbons (Fsp3) is 0.929. The number of rotatable bonds is 6. The monoisotopic (exact) mass is 257 g/mol. The predicted molar refractivity (Wildman–Crippen MR) is 71.4 cm³/mol.